The molecule has 2 aromatic carbocycles. The molecule has 0 aliphatic heterocycles. The number of halogens is 1. The normalized spacial score (nSPS) is 10.8. The number of hydrogen-bond donors (Lipinski definition) is 1. The van der Waals surface area contributed by atoms with Gasteiger partial charge in [-0.1, -0.05) is 11.6 Å². The van der Waals surface area contributed by atoms with E-state index in [0.717, 1.165) is 5.39 Å². The van der Waals surface area contributed by atoms with Crippen LogP contribution >= 0.6 is 11.6 Å². The van der Waals surface area contributed by atoms with E-state index in [9.17, 15) is 4.79 Å². The summed E-state index contributed by atoms with van der Waals surface area (Å²) in [7, 11) is 3.17. The summed E-state index contributed by atoms with van der Waals surface area (Å²) in [5, 5.41) is 5.06. The second kappa shape index (κ2) is 9.05. The number of carbonyl (C=O) groups excluding carboxylic acids is 1. The van der Waals surface area contributed by atoms with Crippen LogP contribution in [0.3, 0.4) is 0 Å². The van der Waals surface area contributed by atoms with Gasteiger partial charge >= 0.3 is 0 Å². The van der Waals surface area contributed by atoms with Crippen molar-refractivity contribution in [3.05, 3.63) is 59.2 Å². The molecule has 0 atom stereocenters. The number of carbonyl (C=O) groups is 1. The van der Waals surface area contributed by atoms with E-state index in [0.29, 0.717) is 28.3 Å². The zero-order valence-corrected chi connectivity index (χ0v) is 16.1. The summed E-state index contributed by atoms with van der Waals surface area (Å²) >= 11 is 6.19. The van der Waals surface area contributed by atoms with Gasteiger partial charge in [0, 0.05) is 17.0 Å². The van der Waals surface area contributed by atoms with Gasteiger partial charge in [-0.15, -0.1) is 0 Å². The first kappa shape index (κ1) is 19.4. The molecule has 0 aliphatic carbocycles. The summed E-state index contributed by atoms with van der Waals surface area (Å²) in [6.07, 6.45) is 1.43. The maximum Gasteiger partial charge on any atom is 0.277 e. The number of methoxy groups -OCH3 is 2. The van der Waals surface area contributed by atoms with Crippen molar-refractivity contribution in [3.63, 3.8) is 0 Å². The van der Waals surface area contributed by atoms with Crippen molar-refractivity contribution < 1.29 is 19.0 Å². The van der Waals surface area contributed by atoms with Crippen LogP contribution in [0.25, 0.3) is 10.9 Å². The predicted octanol–water partition coefficient (Wildman–Crippen LogP) is 3.43. The molecule has 1 aromatic heterocycles. The van der Waals surface area contributed by atoms with Crippen molar-refractivity contribution in [1.82, 2.24) is 10.4 Å². The average Bonchev–Trinajstić information content (AvgIpc) is 2.72. The molecule has 3 rings (SSSR count). The molecule has 0 bridgehead atoms. The monoisotopic (exact) mass is 399 g/mol. The van der Waals surface area contributed by atoms with Crippen LogP contribution in [0.15, 0.2) is 53.6 Å². The number of amides is 1. The number of benzene rings is 2. The molecule has 0 spiro atoms. The van der Waals surface area contributed by atoms with Crippen LogP contribution in [0.5, 0.6) is 17.2 Å². The third-order valence-corrected chi connectivity index (χ3v) is 4.13. The van der Waals surface area contributed by atoms with Crippen molar-refractivity contribution in [2.75, 3.05) is 20.8 Å². The number of hydrazone groups is 1. The van der Waals surface area contributed by atoms with Crippen LogP contribution < -0.4 is 19.6 Å². The summed E-state index contributed by atoms with van der Waals surface area (Å²) in [5.41, 5.74) is 3.68. The van der Waals surface area contributed by atoms with Crippen LogP contribution in [0, 0.1) is 0 Å². The minimum Gasteiger partial charge on any atom is -0.497 e. The Morgan fingerprint density at radius 3 is 2.46 bits per heavy atom. The highest BCUT2D eigenvalue weighted by Crippen LogP contribution is 2.23. The van der Waals surface area contributed by atoms with E-state index in [1.165, 1.54) is 6.21 Å². The van der Waals surface area contributed by atoms with E-state index in [1.807, 2.05) is 18.2 Å². The Morgan fingerprint density at radius 1 is 1.07 bits per heavy atom. The molecule has 0 fully saturated rings. The van der Waals surface area contributed by atoms with Crippen molar-refractivity contribution >= 4 is 34.6 Å². The zero-order chi connectivity index (χ0) is 19.9. The van der Waals surface area contributed by atoms with E-state index in [2.05, 4.69) is 15.5 Å². The molecule has 1 N–H and O–H groups in total. The van der Waals surface area contributed by atoms with Gasteiger partial charge in [-0.3, -0.25) is 4.79 Å². The quantitative estimate of drug-likeness (QED) is 0.374. The lowest BCUT2D eigenvalue weighted by molar-refractivity contribution is -0.123. The first-order valence-electron chi connectivity index (χ1n) is 8.32. The Bertz CT molecular complexity index is 1010. The predicted molar refractivity (Wildman–Crippen MR) is 108 cm³/mol. The fourth-order valence-corrected chi connectivity index (χ4v) is 2.58. The van der Waals surface area contributed by atoms with Crippen LogP contribution in [0.4, 0.5) is 0 Å². The lowest BCUT2D eigenvalue weighted by Gasteiger charge is -2.06. The van der Waals surface area contributed by atoms with E-state index in [-0.39, 0.29) is 11.8 Å². The minimum absolute atomic E-state index is 0.173. The molecule has 7 nitrogen and oxygen atoms in total. The largest absolute Gasteiger partial charge is 0.497 e. The summed E-state index contributed by atoms with van der Waals surface area (Å²) in [5.74, 6) is 1.56. The molecule has 0 radical (unpaired) electrons. The number of hydrogen-bond acceptors (Lipinski definition) is 6. The van der Waals surface area contributed by atoms with Gasteiger partial charge in [-0.2, -0.15) is 5.10 Å². The lowest BCUT2D eigenvalue weighted by atomic mass is 10.1. The Morgan fingerprint density at radius 2 is 1.75 bits per heavy atom. The van der Waals surface area contributed by atoms with E-state index in [4.69, 9.17) is 25.8 Å². The number of fused-ring (bicyclic) bond motifs is 1. The summed E-state index contributed by atoms with van der Waals surface area (Å²) < 4.78 is 15.6. The van der Waals surface area contributed by atoms with E-state index < -0.39 is 5.91 Å². The second-order valence-electron chi connectivity index (χ2n) is 5.68. The molecule has 0 saturated carbocycles. The maximum absolute atomic E-state index is 11.9. The number of nitrogens with zero attached hydrogens (tertiary/aromatic N) is 2. The molecule has 0 unspecified atom stereocenters. The Hall–Kier alpha value is -3.32. The molecule has 8 heteroatoms. The van der Waals surface area contributed by atoms with Crippen molar-refractivity contribution in [1.29, 1.82) is 0 Å². The first-order valence-corrected chi connectivity index (χ1v) is 8.70. The van der Waals surface area contributed by atoms with Gasteiger partial charge in [0.1, 0.15) is 22.4 Å². The summed E-state index contributed by atoms with van der Waals surface area (Å²) in [6.45, 7) is -0.173. The first-order chi connectivity index (χ1) is 13.6. The second-order valence-corrected chi connectivity index (χ2v) is 6.04. The van der Waals surface area contributed by atoms with Crippen LogP contribution in [0.2, 0.25) is 5.15 Å². The maximum atomic E-state index is 11.9. The average molecular weight is 400 g/mol. The topological polar surface area (TPSA) is 82.0 Å². The van der Waals surface area contributed by atoms with Crippen molar-refractivity contribution in [2.24, 2.45) is 5.10 Å². The molecule has 1 heterocycles. The Labute approximate surface area is 166 Å². The van der Waals surface area contributed by atoms with Gasteiger partial charge in [-0.05, 0) is 42.5 Å². The third-order valence-electron chi connectivity index (χ3n) is 3.83. The van der Waals surface area contributed by atoms with Crippen molar-refractivity contribution in [2.45, 2.75) is 0 Å². The summed E-state index contributed by atoms with van der Waals surface area (Å²) in [4.78, 5) is 16.2. The number of ether oxygens (including phenoxy) is 3. The van der Waals surface area contributed by atoms with Gasteiger partial charge in [-0.25, -0.2) is 10.4 Å². The fraction of sp³-hybridized carbons (Fsp3) is 0.150. The minimum atomic E-state index is -0.401. The highest BCUT2D eigenvalue weighted by atomic mass is 35.5. The number of rotatable bonds is 7. The number of aromatic nitrogens is 1. The van der Waals surface area contributed by atoms with Gasteiger partial charge in [0.2, 0.25) is 0 Å². The van der Waals surface area contributed by atoms with Gasteiger partial charge in [0.25, 0.3) is 5.91 Å². The summed E-state index contributed by atoms with van der Waals surface area (Å²) in [6, 6.07) is 14.2. The van der Waals surface area contributed by atoms with Gasteiger partial charge in [0.15, 0.2) is 6.61 Å². The third kappa shape index (κ3) is 4.89. The highest BCUT2D eigenvalue weighted by molar-refractivity contribution is 6.32. The van der Waals surface area contributed by atoms with E-state index in [1.54, 1.807) is 44.6 Å². The molecule has 28 heavy (non-hydrogen) atoms. The molecule has 144 valence electrons. The molecule has 0 aliphatic rings. The SMILES string of the molecule is COc1ccc(OCC(=O)N/N=C\c2cc3ccc(OC)cc3nc2Cl)cc1. The van der Waals surface area contributed by atoms with Crippen LogP contribution in [-0.2, 0) is 4.79 Å². The molecule has 0 saturated heterocycles. The molecular weight excluding hydrogens is 382 g/mol. The molecule has 3 aromatic rings. The number of nitrogens with one attached hydrogen (secondary N) is 1. The van der Waals surface area contributed by atoms with E-state index >= 15 is 0 Å². The molecular formula is C20H18ClN3O4. The Balaban J connectivity index is 1.58. The zero-order valence-electron chi connectivity index (χ0n) is 15.3. The standard InChI is InChI=1S/C20H18ClN3O4/c1-26-15-5-7-16(8-6-15)28-12-19(25)24-22-11-14-9-13-3-4-17(27-2)10-18(13)23-20(14)21/h3-11H,12H2,1-2H3,(H,24,25)/b22-11-. The Kier molecular flexibility index (Phi) is 6.29. The van der Waals surface area contributed by atoms with Gasteiger partial charge < -0.3 is 14.2 Å². The van der Waals surface area contributed by atoms with Crippen LogP contribution in [0.1, 0.15) is 5.56 Å². The van der Waals surface area contributed by atoms with Crippen molar-refractivity contribution in [3.8, 4) is 17.2 Å². The highest BCUT2D eigenvalue weighted by Gasteiger charge is 2.06. The molecule has 1 amide bonds. The number of pyridine rings is 1. The fourth-order valence-electron chi connectivity index (χ4n) is 2.38. The smallest absolute Gasteiger partial charge is 0.277 e. The lowest BCUT2D eigenvalue weighted by Crippen LogP contribution is -2.24. The van der Waals surface area contributed by atoms with Crippen LogP contribution in [-0.4, -0.2) is 37.9 Å². The van der Waals surface area contributed by atoms with Gasteiger partial charge in [0.05, 0.1) is 26.0 Å².